The van der Waals surface area contributed by atoms with Crippen LogP contribution in [0, 0.1) is 11.3 Å². The maximum absolute atomic E-state index is 11.6. The van der Waals surface area contributed by atoms with Crippen molar-refractivity contribution in [3.05, 3.63) is 23.3 Å². The van der Waals surface area contributed by atoms with Crippen LogP contribution in [-0.4, -0.2) is 25.3 Å². The Hall–Kier alpha value is -1.54. The van der Waals surface area contributed by atoms with Gasteiger partial charge in [0.1, 0.15) is 11.6 Å². The monoisotopic (exact) mass is 283 g/mol. The number of carbonyl (C=O) groups is 1. The molecule has 0 unspecified atom stereocenters. The van der Waals surface area contributed by atoms with Crippen LogP contribution in [0.2, 0.25) is 0 Å². The molecule has 84 valence electrons. The first-order valence-electron chi connectivity index (χ1n) is 4.43. The highest BCUT2D eigenvalue weighted by Gasteiger charge is 2.18. The standard InChI is InChI=1S/C11H10BrNO3/c1-15-10-4-3-7(9(14)5-12)8(6-13)11(10)16-2/h3-4H,5H2,1-2H3. The molecule has 4 nitrogen and oxygen atoms in total. The molecule has 0 bridgehead atoms. The van der Waals surface area contributed by atoms with Gasteiger partial charge in [0.15, 0.2) is 17.3 Å². The van der Waals surface area contributed by atoms with Crippen molar-refractivity contribution >= 4 is 21.7 Å². The second-order valence-electron chi connectivity index (χ2n) is 2.89. The van der Waals surface area contributed by atoms with Gasteiger partial charge in [-0.05, 0) is 12.1 Å². The van der Waals surface area contributed by atoms with E-state index in [4.69, 9.17) is 14.7 Å². The molecule has 0 spiro atoms. The van der Waals surface area contributed by atoms with Crippen LogP contribution in [0.1, 0.15) is 15.9 Å². The van der Waals surface area contributed by atoms with E-state index >= 15 is 0 Å². The first-order valence-corrected chi connectivity index (χ1v) is 5.56. The molecule has 16 heavy (non-hydrogen) atoms. The van der Waals surface area contributed by atoms with Crippen molar-refractivity contribution in [2.24, 2.45) is 0 Å². The minimum Gasteiger partial charge on any atom is -0.493 e. The Morgan fingerprint density at radius 1 is 1.44 bits per heavy atom. The molecule has 0 amide bonds. The van der Waals surface area contributed by atoms with Gasteiger partial charge in [-0.25, -0.2) is 0 Å². The van der Waals surface area contributed by atoms with Crippen LogP contribution in [-0.2, 0) is 0 Å². The highest BCUT2D eigenvalue weighted by atomic mass is 79.9. The summed E-state index contributed by atoms with van der Waals surface area (Å²) in [5.74, 6) is 0.555. The largest absolute Gasteiger partial charge is 0.493 e. The molecule has 5 heteroatoms. The Bertz CT molecular complexity index is 451. The lowest BCUT2D eigenvalue weighted by Crippen LogP contribution is -2.05. The Morgan fingerprint density at radius 2 is 2.12 bits per heavy atom. The number of benzene rings is 1. The maximum atomic E-state index is 11.6. The number of ether oxygens (including phenoxy) is 2. The molecule has 0 aliphatic carbocycles. The molecular formula is C11H10BrNO3. The third kappa shape index (κ3) is 2.17. The van der Waals surface area contributed by atoms with E-state index in [-0.39, 0.29) is 22.4 Å². The topological polar surface area (TPSA) is 59.3 Å². The second kappa shape index (κ2) is 5.52. The third-order valence-electron chi connectivity index (χ3n) is 2.08. The summed E-state index contributed by atoms with van der Waals surface area (Å²) in [7, 11) is 2.91. The Balaban J connectivity index is 3.45. The van der Waals surface area contributed by atoms with Gasteiger partial charge in [-0.3, -0.25) is 4.79 Å². The minimum absolute atomic E-state index is 0.164. The van der Waals surface area contributed by atoms with Crippen LogP contribution < -0.4 is 9.47 Å². The predicted octanol–water partition coefficient (Wildman–Crippen LogP) is 2.15. The van der Waals surface area contributed by atoms with Crippen LogP contribution in [0.15, 0.2) is 12.1 Å². The van der Waals surface area contributed by atoms with Gasteiger partial charge < -0.3 is 9.47 Å². The molecule has 1 aromatic carbocycles. The van der Waals surface area contributed by atoms with Crippen LogP contribution in [0.25, 0.3) is 0 Å². The van der Waals surface area contributed by atoms with Gasteiger partial charge in [0, 0.05) is 5.56 Å². The molecule has 1 aromatic rings. The zero-order valence-electron chi connectivity index (χ0n) is 8.91. The zero-order valence-corrected chi connectivity index (χ0v) is 10.5. The lowest BCUT2D eigenvalue weighted by molar-refractivity contribution is 0.102. The third-order valence-corrected chi connectivity index (χ3v) is 2.59. The number of rotatable bonds is 4. The van der Waals surface area contributed by atoms with Gasteiger partial charge in [-0.1, -0.05) is 15.9 Å². The molecule has 0 radical (unpaired) electrons. The number of nitrogens with zero attached hydrogens (tertiary/aromatic N) is 1. The minimum atomic E-state index is -0.169. The highest BCUT2D eigenvalue weighted by molar-refractivity contribution is 9.09. The van der Waals surface area contributed by atoms with Crippen molar-refractivity contribution in [2.45, 2.75) is 0 Å². The highest BCUT2D eigenvalue weighted by Crippen LogP contribution is 2.33. The van der Waals surface area contributed by atoms with E-state index < -0.39 is 0 Å². The van der Waals surface area contributed by atoms with Crippen molar-refractivity contribution < 1.29 is 14.3 Å². The smallest absolute Gasteiger partial charge is 0.179 e. The zero-order chi connectivity index (χ0) is 12.1. The number of hydrogen-bond donors (Lipinski definition) is 0. The molecule has 0 aliphatic rings. The SMILES string of the molecule is COc1ccc(C(=O)CBr)c(C#N)c1OC. The van der Waals surface area contributed by atoms with Crippen molar-refractivity contribution in [3.8, 4) is 17.6 Å². The van der Waals surface area contributed by atoms with Gasteiger partial charge in [0.2, 0.25) is 0 Å². The van der Waals surface area contributed by atoms with Gasteiger partial charge in [0.25, 0.3) is 0 Å². The number of Topliss-reactive ketones (excluding diaryl/α,β-unsaturated/α-hetero) is 1. The van der Waals surface area contributed by atoms with E-state index in [0.717, 1.165) is 0 Å². The number of alkyl halides is 1. The normalized spacial score (nSPS) is 9.38. The summed E-state index contributed by atoms with van der Waals surface area (Å²) >= 11 is 3.07. The summed E-state index contributed by atoms with van der Waals surface area (Å²) in [5.41, 5.74) is 0.531. The van der Waals surface area contributed by atoms with Crippen LogP contribution in [0.3, 0.4) is 0 Å². The summed E-state index contributed by atoms with van der Waals surface area (Å²) in [5, 5.41) is 9.21. The van der Waals surface area contributed by atoms with Crippen LogP contribution in [0.4, 0.5) is 0 Å². The molecular weight excluding hydrogens is 274 g/mol. The van der Waals surface area contributed by atoms with E-state index in [1.165, 1.54) is 14.2 Å². The summed E-state index contributed by atoms with van der Waals surface area (Å²) < 4.78 is 10.1. The fraction of sp³-hybridized carbons (Fsp3) is 0.273. The lowest BCUT2D eigenvalue weighted by Gasteiger charge is -2.11. The van der Waals surface area contributed by atoms with Crippen molar-refractivity contribution in [3.63, 3.8) is 0 Å². The van der Waals surface area contributed by atoms with E-state index in [2.05, 4.69) is 15.9 Å². The Kier molecular flexibility index (Phi) is 4.32. The summed E-state index contributed by atoms with van der Waals surface area (Å²) in [6, 6.07) is 5.12. The van der Waals surface area contributed by atoms with Gasteiger partial charge in [-0.15, -0.1) is 0 Å². The van der Waals surface area contributed by atoms with Gasteiger partial charge in [-0.2, -0.15) is 5.26 Å². The predicted molar refractivity (Wildman–Crippen MR) is 62.4 cm³/mol. The Labute approximate surface area is 102 Å². The van der Waals surface area contributed by atoms with E-state index in [9.17, 15) is 4.79 Å². The first kappa shape index (κ1) is 12.5. The Morgan fingerprint density at radius 3 is 2.56 bits per heavy atom. The summed E-state index contributed by atoms with van der Waals surface area (Å²) in [6.07, 6.45) is 0. The van der Waals surface area contributed by atoms with Gasteiger partial charge in [0.05, 0.1) is 19.5 Å². The maximum Gasteiger partial charge on any atom is 0.179 e. The summed E-state index contributed by atoms with van der Waals surface area (Å²) in [6.45, 7) is 0. The number of carbonyl (C=O) groups excluding carboxylic acids is 1. The molecule has 0 saturated heterocycles. The lowest BCUT2D eigenvalue weighted by atomic mass is 10.0. The fourth-order valence-corrected chi connectivity index (χ4v) is 1.64. The van der Waals surface area contributed by atoms with Crippen LogP contribution >= 0.6 is 15.9 Å². The number of hydrogen-bond acceptors (Lipinski definition) is 4. The second-order valence-corrected chi connectivity index (χ2v) is 3.45. The van der Waals surface area contributed by atoms with E-state index in [0.29, 0.717) is 11.3 Å². The fourth-order valence-electron chi connectivity index (χ4n) is 1.34. The molecule has 0 heterocycles. The van der Waals surface area contributed by atoms with Crippen molar-refractivity contribution in [1.82, 2.24) is 0 Å². The number of ketones is 1. The van der Waals surface area contributed by atoms with E-state index in [1.54, 1.807) is 12.1 Å². The first-order chi connectivity index (χ1) is 7.69. The molecule has 0 fully saturated rings. The van der Waals surface area contributed by atoms with Crippen molar-refractivity contribution in [2.75, 3.05) is 19.5 Å². The quantitative estimate of drug-likeness (QED) is 0.628. The van der Waals surface area contributed by atoms with E-state index in [1.807, 2.05) is 6.07 Å². The molecule has 0 aliphatic heterocycles. The summed E-state index contributed by atoms with van der Waals surface area (Å²) in [4.78, 5) is 11.6. The van der Waals surface area contributed by atoms with Crippen LogP contribution in [0.5, 0.6) is 11.5 Å². The average Bonchev–Trinajstić information content (AvgIpc) is 2.35. The molecule has 0 N–H and O–H groups in total. The molecule has 1 rings (SSSR count). The molecule has 0 atom stereocenters. The van der Waals surface area contributed by atoms with Gasteiger partial charge >= 0.3 is 0 Å². The number of halogens is 1. The average molecular weight is 284 g/mol. The number of methoxy groups -OCH3 is 2. The number of nitriles is 1. The molecule has 0 saturated carbocycles. The molecule has 0 aromatic heterocycles. The van der Waals surface area contributed by atoms with Crippen molar-refractivity contribution in [1.29, 1.82) is 5.26 Å².